The van der Waals surface area contributed by atoms with Gasteiger partial charge in [0.05, 0.1) is 0 Å². The fourth-order valence-electron chi connectivity index (χ4n) is 2.04. The van der Waals surface area contributed by atoms with E-state index in [2.05, 4.69) is 72.2 Å². The van der Waals surface area contributed by atoms with Gasteiger partial charge in [0.15, 0.2) is 0 Å². The summed E-state index contributed by atoms with van der Waals surface area (Å²) in [5, 5.41) is 3.49. The van der Waals surface area contributed by atoms with Crippen LogP contribution < -0.4 is 10.2 Å². The van der Waals surface area contributed by atoms with Gasteiger partial charge in [0.2, 0.25) is 0 Å². The van der Waals surface area contributed by atoms with Crippen molar-refractivity contribution in [2.75, 3.05) is 25.0 Å². The lowest BCUT2D eigenvalue weighted by atomic mass is 10.1. The van der Waals surface area contributed by atoms with Gasteiger partial charge in [-0.15, -0.1) is 0 Å². The fourth-order valence-corrected chi connectivity index (χ4v) is 2.45. The van der Waals surface area contributed by atoms with Crippen LogP contribution in [0.25, 0.3) is 0 Å². The monoisotopic (exact) mass is 326 g/mol. The third-order valence-corrected chi connectivity index (χ3v) is 3.73. The van der Waals surface area contributed by atoms with Gasteiger partial charge in [0.1, 0.15) is 0 Å². The molecule has 0 spiro atoms. The molecule has 0 aliphatic rings. The molecule has 1 rings (SSSR count). The smallest absolute Gasteiger partial charge is 0.0410 e. The number of nitrogens with one attached hydrogen (secondary N) is 1. The van der Waals surface area contributed by atoms with Gasteiger partial charge in [-0.25, -0.2) is 0 Å². The van der Waals surface area contributed by atoms with E-state index in [0.717, 1.165) is 30.0 Å². The van der Waals surface area contributed by atoms with E-state index < -0.39 is 0 Å². The van der Waals surface area contributed by atoms with Gasteiger partial charge in [-0.2, -0.15) is 0 Å². The molecule has 0 aliphatic heterocycles. The van der Waals surface area contributed by atoms with E-state index in [9.17, 15) is 0 Å². The summed E-state index contributed by atoms with van der Waals surface area (Å²) < 4.78 is 1.15. The summed E-state index contributed by atoms with van der Waals surface area (Å²) in [4.78, 5) is 2.37. The van der Waals surface area contributed by atoms with Crippen LogP contribution in [0.3, 0.4) is 0 Å². The van der Waals surface area contributed by atoms with E-state index in [-0.39, 0.29) is 0 Å². The summed E-state index contributed by atoms with van der Waals surface area (Å²) >= 11 is 3.57. The van der Waals surface area contributed by atoms with Crippen LogP contribution >= 0.6 is 15.9 Å². The van der Waals surface area contributed by atoms with Crippen molar-refractivity contribution < 1.29 is 0 Å². The topological polar surface area (TPSA) is 15.3 Å². The molecule has 0 atom stereocenters. The normalized spacial score (nSPS) is 11.1. The third-order valence-electron chi connectivity index (χ3n) is 3.24. The second kappa shape index (κ2) is 8.60. The average Bonchev–Trinajstić information content (AvgIpc) is 2.36. The fraction of sp³-hybridized carbons (Fsp3) is 0.625. The molecule has 0 unspecified atom stereocenters. The van der Waals surface area contributed by atoms with E-state index in [1.807, 2.05) is 0 Å². The Morgan fingerprint density at radius 2 is 2.05 bits per heavy atom. The zero-order valence-electron chi connectivity index (χ0n) is 12.7. The van der Waals surface area contributed by atoms with Gasteiger partial charge >= 0.3 is 0 Å². The molecule has 2 nitrogen and oxygen atoms in total. The summed E-state index contributed by atoms with van der Waals surface area (Å²) in [6.07, 6.45) is 2.40. The number of nitrogens with zero attached hydrogens (tertiary/aromatic N) is 1. The van der Waals surface area contributed by atoms with E-state index in [4.69, 9.17) is 0 Å². The molecule has 108 valence electrons. The van der Waals surface area contributed by atoms with E-state index in [1.54, 1.807) is 0 Å². The second-order valence-corrected chi connectivity index (χ2v) is 6.47. The standard InChI is InChI=1S/C16H27BrN2/c1-5-9-18-12-14-11-15(17)6-7-16(14)19(4)10-8-13(2)3/h6-7,11,13,18H,5,8-10,12H2,1-4H3. The van der Waals surface area contributed by atoms with Crippen molar-refractivity contribution >= 4 is 21.6 Å². The van der Waals surface area contributed by atoms with Crippen molar-refractivity contribution in [1.82, 2.24) is 5.32 Å². The third kappa shape index (κ3) is 5.96. The number of hydrogen-bond donors (Lipinski definition) is 1. The quantitative estimate of drug-likeness (QED) is 0.711. The molecule has 1 aromatic rings. The van der Waals surface area contributed by atoms with Gasteiger partial charge < -0.3 is 10.2 Å². The minimum atomic E-state index is 0.750. The maximum Gasteiger partial charge on any atom is 0.0410 e. The first-order valence-corrected chi connectivity index (χ1v) is 8.04. The summed E-state index contributed by atoms with van der Waals surface area (Å²) in [5.41, 5.74) is 2.71. The lowest BCUT2D eigenvalue weighted by Crippen LogP contribution is -2.23. The van der Waals surface area contributed by atoms with Gasteiger partial charge in [-0.1, -0.05) is 36.7 Å². The zero-order chi connectivity index (χ0) is 14.3. The van der Waals surface area contributed by atoms with Crippen LogP contribution in [-0.2, 0) is 6.54 Å². The van der Waals surface area contributed by atoms with Crippen LogP contribution in [0, 0.1) is 5.92 Å². The maximum absolute atomic E-state index is 3.57. The lowest BCUT2D eigenvalue weighted by molar-refractivity contribution is 0.584. The summed E-state index contributed by atoms with van der Waals surface area (Å²) in [6.45, 7) is 9.87. The van der Waals surface area contributed by atoms with Crippen LogP contribution in [0.5, 0.6) is 0 Å². The molecule has 1 aromatic carbocycles. The minimum Gasteiger partial charge on any atom is -0.374 e. The van der Waals surface area contributed by atoms with Crippen LogP contribution in [0.4, 0.5) is 5.69 Å². The van der Waals surface area contributed by atoms with Crippen LogP contribution in [0.15, 0.2) is 22.7 Å². The highest BCUT2D eigenvalue weighted by atomic mass is 79.9. The molecule has 3 heteroatoms. The molecule has 0 aliphatic carbocycles. The van der Waals surface area contributed by atoms with Crippen molar-refractivity contribution in [3.05, 3.63) is 28.2 Å². The molecule has 0 radical (unpaired) electrons. The van der Waals surface area contributed by atoms with Crippen LogP contribution in [0.2, 0.25) is 0 Å². The molecule has 0 saturated carbocycles. The van der Waals surface area contributed by atoms with Gasteiger partial charge in [-0.3, -0.25) is 0 Å². The number of anilines is 1. The molecule has 1 N–H and O–H groups in total. The van der Waals surface area contributed by atoms with Gasteiger partial charge in [-0.05, 0) is 49.1 Å². The largest absolute Gasteiger partial charge is 0.374 e. The first-order chi connectivity index (χ1) is 9.04. The summed E-state index contributed by atoms with van der Waals surface area (Å²) in [7, 11) is 2.19. The van der Waals surface area contributed by atoms with Crippen molar-refractivity contribution in [3.8, 4) is 0 Å². The van der Waals surface area contributed by atoms with Gasteiger partial charge in [0, 0.05) is 30.3 Å². The van der Waals surface area contributed by atoms with E-state index >= 15 is 0 Å². The predicted octanol–water partition coefficient (Wildman–Crippen LogP) is 4.43. The van der Waals surface area contributed by atoms with Crippen LogP contribution in [0.1, 0.15) is 39.2 Å². The van der Waals surface area contributed by atoms with Crippen molar-refractivity contribution in [3.63, 3.8) is 0 Å². The molecule has 0 fully saturated rings. The Balaban J connectivity index is 2.74. The Labute approximate surface area is 126 Å². The molecule has 0 amide bonds. The van der Waals surface area contributed by atoms with Gasteiger partial charge in [0.25, 0.3) is 0 Å². The molecular weight excluding hydrogens is 300 g/mol. The number of rotatable bonds is 8. The molecule has 0 aromatic heterocycles. The van der Waals surface area contributed by atoms with Crippen molar-refractivity contribution in [1.29, 1.82) is 0 Å². The highest BCUT2D eigenvalue weighted by Crippen LogP contribution is 2.24. The average molecular weight is 327 g/mol. The zero-order valence-corrected chi connectivity index (χ0v) is 14.3. The number of halogens is 1. The Hall–Kier alpha value is -0.540. The molecule has 0 bridgehead atoms. The number of hydrogen-bond acceptors (Lipinski definition) is 2. The maximum atomic E-state index is 3.57. The second-order valence-electron chi connectivity index (χ2n) is 5.55. The van der Waals surface area contributed by atoms with E-state index in [1.165, 1.54) is 24.1 Å². The summed E-state index contributed by atoms with van der Waals surface area (Å²) in [5.74, 6) is 0.750. The highest BCUT2D eigenvalue weighted by molar-refractivity contribution is 9.10. The molecule has 0 heterocycles. The Kier molecular flexibility index (Phi) is 7.47. The Morgan fingerprint density at radius 3 is 2.68 bits per heavy atom. The first-order valence-electron chi connectivity index (χ1n) is 7.24. The van der Waals surface area contributed by atoms with Crippen LogP contribution in [-0.4, -0.2) is 20.1 Å². The number of benzene rings is 1. The predicted molar refractivity (Wildman–Crippen MR) is 88.9 cm³/mol. The molecule has 0 saturated heterocycles. The van der Waals surface area contributed by atoms with Crippen molar-refractivity contribution in [2.45, 2.75) is 40.2 Å². The minimum absolute atomic E-state index is 0.750. The Bertz CT molecular complexity index is 377. The Morgan fingerprint density at radius 1 is 1.32 bits per heavy atom. The highest BCUT2D eigenvalue weighted by Gasteiger charge is 2.08. The lowest BCUT2D eigenvalue weighted by Gasteiger charge is -2.24. The SMILES string of the molecule is CCCNCc1cc(Br)ccc1N(C)CCC(C)C. The first kappa shape index (κ1) is 16.5. The molecule has 19 heavy (non-hydrogen) atoms. The van der Waals surface area contributed by atoms with E-state index in [0.29, 0.717) is 0 Å². The van der Waals surface area contributed by atoms with Crippen molar-refractivity contribution in [2.24, 2.45) is 5.92 Å². The summed E-state index contributed by atoms with van der Waals surface area (Å²) in [6, 6.07) is 6.57. The molecular formula is C16H27BrN2.